The summed E-state index contributed by atoms with van der Waals surface area (Å²) in [5.41, 5.74) is 1.02. The number of piperidine rings is 1. The van der Waals surface area contributed by atoms with E-state index in [1.807, 2.05) is 16.8 Å². The van der Waals surface area contributed by atoms with Crippen molar-refractivity contribution in [2.24, 2.45) is 5.92 Å². The van der Waals surface area contributed by atoms with Gasteiger partial charge in [0, 0.05) is 25.7 Å². The molecular weight excluding hydrogens is 306 g/mol. The van der Waals surface area contributed by atoms with E-state index in [1.165, 1.54) is 12.8 Å². The SMILES string of the molecule is O=S(=O)(NCc1ccsc1)N1CCCC(CNC2CC2)C1. The molecule has 1 aromatic heterocycles. The van der Waals surface area contributed by atoms with Gasteiger partial charge < -0.3 is 5.32 Å². The second kappa shape index (κ2) is 6.75. The molecule has 2 heterocycles. The second-order valence-corrected chi connectivity index (χ2v) is 8.54. The van der Waals surface area contributed by atoms with Gasteiger partial charge in [0.25, 0.3) is 10.2 Å². The van der Waals surface area contributed by atoms with E-state index in [-0.39, 0.29) is 0 Å². The number of rotatable bonds is 7. The number of hydrogen-bond acceptors (Lipinski definition) is 4. The van der Waals surface area contributed by atoms with Crippen LogP contribution in [-0.2, 0) is 16.8 Å². The highest BCUT2D eigenvalue weighted by Crippen LogP contribution is 2.22. The summed E-state index contributed by atoms with van der Waals surface area (Å²) in [6.07, 6.45) is 4.63. The summed E-state index contributed by atoms with van der Waals surface area (Å²) in [5.74, 6) is 0.442. The zero-order valence-electron chi connectivity index (χ0n) is 12.1. The maximum absolute atomic E-state index is 12.4. The number of thiophene rings is 1. The first-order valence-corrected chi connectivity index (χ1v) is 10.0. The first-order valence-electron chi connectivity index (χ1n) is 7.63. The van der Waals surface area contributed by atoms with E-state index in [0.29, 0.717) is 31.6 Å². The van der Waals surface area contributed by atoms with Gasteiger partial charge >= 0.3 is 0 Å². The number of nitrogens with one attached hydrogen (secondary N) is 2. The van der Waals surface area contributed by atoms with Crippen molar-refractivity contribution in [3.05, 3.63) is 22.4 Å². The van der Waals surface area contributed by atoms with Crippen molar-refractivity contribution < 1.29 is 8.42 Å². The lowest BCUT2D eigenvalue weighted by molar-refractivity contribution is 0.257. The van der Waals surface area contributed by atoms with Crippen LogP contribution in [0.15, 0.2) is 16.8 Å². The minimum absolute atomic E-state index is 0.382. The average Bonchev–Trinajstić information content (AvgIpc) is 3.17. The molecule has 3 rings (SSSR count). The Hall–Kier alpha value is -0.470. The standard InChI is InChI=1S/C14H23N3O2S2/c18-21(19,16-9-13-5-7-20-11-13)17-6-1-2-12(10-17)8-15-14-3-4-14/h5,7,11-12,14-16H,1-4,6,8-10H2. The molecule has 0 spiro atoms. The van der Waals surface area contributed by atoms with Gasteiger partial charge in [0.1, 0.15) is 0 Å². The Labute approximate surface area is 130 Å². The van der Waals surface area contributed by atoms with Crippen LogP contribution < -0.4 is 10.0 Å². The molecule has 1 saturated heterocycles. The molecule has 118 valence electrons. The van der Waals surface area contributed by atoms with Gasteiger partial charge in [0.05, 0.1) is 0 Å². The van der Waals surface area contributed by atoms with E-state index >= 15 is 0 Å². The van der Waals surface area contributed by atoms with Crippen LogP contribution in [-0.4, -0.2) is 38.4 Å². The Bertz CT molecular complexity index is 541. The molecule has 7 heteroatoms. The zero-order chi connectivity index (χ0) is 14.7. The molecule has 1 unspecified atom stereocenters. The molecule has 0 aromatic carbocycles. The van der Waals surface area contributed by atoms with Crippen LogP contribution in [0.2, 0.25) is 0 Å². The van der Waals surface area contributed by atoms with Gasteiger partial charge in [0.15, 0.2) is 0 Å². The lowest BCUT2D eigenvalue weighted by Gasteiger charge is -2.32. The van der Waals surface area contributed by atoms with E-state index in [2.05, 4.69) is 10.0 Å². The Morgan fingerprint density at radius 3 is 2.90 bits per heavy atom. The van der Waals surface area contributed by atoms with Crippen molar-refractivity contribution in [1.82, 2.24) is 14.3 Å². The summed E-state index contributed by atoms with van der Waals surface area (Å²) in [7, 11) is -3.36. The first kappa shape index (κ1) is 15.4. The number of nitrogens with zero attached hydrogens (tertiary/aromatic N) is 1. The minimum Gasteiger partial charge on any atom is -0.314 e. The van der Waals surface area contributed by atoms with Crippen LogP contribution in [0.1, 0.15) is 31.2 Å². The highest BCUT2D eigenvalue weighted by atomic mass is 32.2. The van der Waals surface area contributed by atoms with E-state index in [4.69, 9.17) is 0 Å². The van der Waals surface area contributed by atoms with Crippen molar-refractivity contribution in [2.45, 2.75) is 38.3 Å². The fraction of sp³-hybridized carbons (Fsp3) is 0.714. The third kappa shape index (κ3) is 4.50. The van der Waals surface area contributed by atoms with Gasteiger partial charge in [-0.1, -0.05) is 0 Å². The Morgan fingerprint density at radius 1 is 1.33 bits per heavy atom. The topological polar surface area (TPSA) is 61.4 Å². The molecule has 1 atom stereocenters. The van der Waals surface area contributed by atoms with Gasteiger partial charge in [-0.05, 0) is 60.5 Å². The molecule has 5 nitrogen and oxygen atoms in total. The minimum atomic E-state index is -3.36. The fourth-order valence-corrected chi connectivity index (χ4v) is 4.67. The number of hydrogen-bond donors (Lipinski definition) is 2. The molecule has 21 heavy (non-hydrogen) atoms. The Balaban J connectivity index is 1.50. The fourth-order valence-electron chi connectivity index (χ4n) is 2.69. The zero-order valence-corrected chi connectivity index (χ0v) is 13.8. The summed E-state index contributed by atoms with van der Waals surface area (Å²) in [6.45, 7) is 2.60. The molecule has 2 fully saturated rings. The summed E-state index contributed by atoms with van der Waals surface area (Å²) < 4.78 is 29.1. The van der Waals surface area contributed by atoms with E-state index in [9.17, 15) is 8.42 Å². The van der Waals surface area contributed by atoms with E-state index in [1.54, 1.807) is 15.6 Å². The lowest BCUT2D eigenvalue weighted by Crippen LogP contribution is -2.47. The third-order valence-electron chi connectivity index (χ3n) is 4.13. The van der Waals surface area contributed by atoms with Crippen molar-refractivity contribution >= 4 is 21.5 Å². The average molecular weight is 329 g/mol. The smallest absolute Gasteiger partial charge is 0.279 e. The molecule has 2 aliphatic rings. The quantitative estimate of drug-likeness (QED) is 0.798. The normalized spacial score (nSPS) is 24.3. The lowest BCUT2D eigenvalue weighted by atomic mass is 10.00. The predicted molar refractivity (Wildman–Crippen MR) is 85.4 cm³/mol. The van der Waals surface area contributed by atoms with Crippen molar-refractivity contribution in [1.29, 1.82) is 0 Å². The summed E-state index contributed by atoms with van der Waals surface area (Å²) in [4.78, 5) is 0. The van der Waals surface area contributed by atoms with Crippen molar-refractivity contribution in [3.63, 3.8) is 0 Å². The maximum atomic E-state index is 12.4. The summed E-state index contributed by atoms with van der Waals surface area (Å²) >= 11 is 1.58. The molecular formula is C14H23N3O2S2. The highest BCUT2D eigenvalue weighted by Gasteiger charge is 2.30. The maximum Gasteiger partial charge on any atom is 0.279 e. The Kier molecular flexibility index (Phi) is 4.96. The molecule has 1 saturated carbocycles. The Morgan fingerprint density at radius 2 is 2.19 bits per heavy atom. The van der Waals surface area contributed by atoms with Gasteiger partial charge in [-0.25, -0.2) is 0 Å². The van der Waals surface area contributed by atoms with E-state index < -0.39 is 10.2 Å². The van der Waals surface area contributed by atoms with Crippen LogP contribution in [0.5, 0.6) is 0 Å². The summed E-state index contributed by atoms with van der Waals surface area (Å²) in [5, 5.41) is 7.45. The van der Waals surface area contributed by atoms with Crippen LogP contribution in [0, 0.1) is 5.92 Å². The van der Waals surface area contributed by atoms with Crippen molar-refractivity contribution in [3.8, 4) is 0 Å². The van der Waals surface area contributed by atoms with Crippen LogP contribution >= 0.6 is 11.3 Å². The third-order valence-corrected chi connectivity index (χ3v) is 6.39. The van der Waals surface area contributed by atoms with Gasteiger partial charge in [-0.3, -0.25) is 0 Å². The largest absolute Gasteiger partial charge is 0.314 e. The molecule has 1 aliphatic heterocycles. The van der Waals surface area contributed by atoms with Crippen molar-refractivity contribution in [2.75, 3.05) is 19.6 Å². The monoisotopic (exact) mass is 329 g/mol. The molecule has 0 bridgehead atoms. The van der Waals surface area contributed by atoms with Gasteiger partial charge in [0.2, 0.25) is 0 Å². The van der Waals surface area contributed by atoms with Crippen LogP contribution in [0.25, 0.3) is 0 Å². The predicted octanol–water partition coefficient (Wildman–Crippen LogP) is 1.55. The molecule has 1 aromatic rings. The molecule has 0 radical (unpaired) electrons. The highest BCUT2D eigenvalue weighted by molar-refractivity contribution is 7.87. The second-order valence-electron chi connectivity index (χ2n) is 6.01. The molecule has 1 aliphatic carbocycles. The van der Waals surface area contributed by atoms with E-state index in [0.717, 1.165) is 24.9 Å². The van der Waals surface area contributed by atoms with Gasteiger partial charge in [-0.2, -0.15) is 28.8 Å². The van der Waals surface area contributed by atoms with Gasteiger partial charge in [-0.15, -0.1) is 0 Å². The molecule has 0 amide bonds. The van der Waals surface area contributed by atoms with Crippen LogP contribution in [0.4, 0.5) is 0 Å². The first-order chi connectivity index (χ1) is 10.1. The molecule has 2 N–H and O–H groups in total. The van der Waals surface area contributed by atoms with Crippen LogP contribution in [0.3, 0.4) is 0 Å². The summed E-state index contributed by atoms with van der Waals surface area (Å²) in [6, 6.07) is 2.64.